The van der Waals surface area contributed by atoms with Gasteiger partial charge in [0, 0.05) is 32.7 Å². The summed E-state index contributed by atoms with van der Waals surface area (Å²) in [7, 11) is 0. The lowest BCUT2D eigenvalue weighted by Gasteiger charge is -2.35. The molecule has 1 heterocycles. The molecule has 0 atom stereocenters. The highest BCUT2D eigenvalue weighted by atomic mass is 16.6. The smallest absolute Gasteiger partial charge is 0.410 e. The van der Waals surface area contributed by atoms with E-state index in [1.165, 1.54) is 5.56 Å². The lowest BCUT2D eigenvalue weighted by molar-refractivity contribution is -0.122. The topological polar surface area (TPSA) is 61.9 Å². The number of amides is 2. The summed E-state index contributed by atoms with van der Waals surface area (Å²) in [5, 5.41) is 2.97. The van der Waals surface area contributed by atoms with Crippen LogP contribution in [0.2, 0.25) is 0 Å². The first-order chi connectivity index (χ1) is 11.7. The van der Waals surface area contributed by atoms with Crippen molar-refractivity contribution in [2.24, 2.45) is 0 Å². The predicted octanol–water partition coefficient (Wildman–Crippen LogP) is 2.16. The minimum absolute atomic E-state index is 0.00831. The number of aryl methyl sites for hydroxylation is 1. The molecule has 2 amide bonds. The van der Waals surface area contributed by atoms with Gasteiger partial charge in [0.05, 0.1) is 6.54 Å². The lowest BCUT2D eigenvalue weighted by Crippen LogP contribution is -2.52. The molecule has 25 heavy (non-hydrogen) atoms. The molecular weight excluding hydrogens is 318 g/mol. The first-order valence-corrected chi connectivity index (χ1v) is 8.76. The second kappa shape index (κ2) is 8.34. The number of rotatable bonds is 4. The average Bonchev–Trinajstić information content (AvgIpc) is 2.53. The van der Waals surface area contributed by atoms with Crippen molar-refractivity contribution in [3.63, 3.8) is 0 Å². The number of hydrogen-bond acceptors (Lipinski definition) is 4. The summed E-state index contributed by atoms with van der Waals surface area (Å²) in [6, 6.07) is 8.03. The van der Waals surface area contributed by atoms with E-state index in [1.54, 1.807) is 4.90 Å². The Morgan fingerprint density at radius 1 is 1.12 bits per heavy atom. The van der Waals surface area contributed by atoms with Crippen molar-refractivity contribution >= 4 is 12.0 Å². The van der Waals surface area contributed by atoms with Crippen molar-refractivity contribution in [2.45, 2.75) is 39.8 Å². The van der Waals surface area contributed by atoms with Crippen molar-refractivity contribution < 1.29 is 14.3 Å². The molecule has 1 aromatic rings. The van der Waals surface area contributed by atoms with E-state index in [9.17, 15) is 9.59 Å². The Kier molecular flexibility index (Phi) is 6.42. The van der Waals surface area contributed by atoms with E-state index in [0.29, 0.717) is 39.3 Å². The van der Waals surface area contributed by atoms with Gasteiger partial charge in [0.15, 0.2) is 0 Å². The fourth-order valence-corrected chi connectivity index (χ4v) is 2.68. The van der Waals surface area contributed by atoms with Crippen molar-refractivity contribution in [1.82, 2.24) is 15.1 Å². The van der Waals surface area contributed by atoms with Gasteiger partial charge >= 0.3 is 6.09 Å². The Hall–Kier alpha value is -2.08. The van der Waals surface area contributed by atoms with Gasteiger partial charge in [-0.3, -0.25) is 9.69 Å². The molecule has 1 aliphatic heterocycles. The Morgan fingerprint density at radius 2 is 1.76 bits per heavy atom. The van der Waals surface area contributed by atoms with E-state index in [2.05, 4.69) is 10.2 Å². The summed E-state index contributed by atoms with van der Waals surface area (Å²) in [5.41, 5.74) is 1.82. The second-order valence-electron chi connectivity index (χ2n) is 7.45. The van der Waals surface area contributed by atoms with Crippen molar-refractivity contribution in [2.75, 3.05) is 32.7 Å². The molecule has 0 unspecified atom stereocenters. The van der Waals surface area contributed by atoms with Crippen molar-refractivity contribution in [1.29, 1.82) is 0 Å². The van der Waals surface area contributed by atoms with E-state index in [-0.39, 0.29) is 12.0 Å². The molecule has 6 nitrogen and oxygen atoms in total. The molecule has 1 N–H and O–H groups in total. The molecule has 0 bridgehead atoms. The maximum absolute atomic E-state index is 12.1. The van der Waals surface area contributed by atoms with E-state index in [4.69, 9.17) is 4.74 Å². The number of nitrogens with one attached hydrogen (secondary N) is 1. The van der Waals surface area contributed by atoms with Crippen LogP contribution in [0.4, 0.5) is 4.79 Å². The third-order valence-electron chi connectivity index (χ3n) is 4.13. The van der Waals surface area contributed by atoms with Crippen LogP contribution in [0, 0.1) is 6.92 Å². The molecule has 0 aliphatic carbocycles. The zero-order valence-corrected chi connectivity index (χ0v) is 15.7. The maximum Gasteiger partial charge on any atom is 0.410 e. The van der Waals surface area contributed by atoms with Crippen LogP contribution < -0.4 is 5.32 Å². The average molecular weight is 347 g/mol. The molecule has 1 aliphatic rings. The molecule has 0 radical (unpaired) electrons. The Morgan fingerprint density at radius 3 is 2.36 bits per heavy atom. The zero-order valence-electron chi connectivity index (χ0n) is 15.7. The van der Waals surface area contributed by atoms with Gasteiger partial charge in [-0.1, -0.05) is 24.3 Å². The highest BCUT2D eigenvalue weighted by Crippen LogP contribution is 2.12. The summed E-state index contributed by atoms with van der Waals surface area (Å²) in [5.74, 6) is 0.00831. The van der Waals surface area contributed by atoms with Crippen LogP contribution in [-0.4, -0.2) is 60.1 Å². The summed E-state index contributed by atoms with van der Waals surface area (Å²) in [6.45, 7) is 11.0. The van der Waals surface area contributed by atoms with E-state index < -0.39 is 5.60 Å². The van der Waals surface area contributed by atoms with Gasteiger partial charge in [0.1, 0.15) is 5.60 Å². The first kappa shape index (κ1) is 19.2. The van der Waals surface area contributed by atoms with Crippen molar-refractivity contribution in [3.8, 4) is 0 Å². The van der Waals surface area contributed by atoms with Gasteiger partial charge in [0.25, 0.3) is 0 Å². The fraction of sp³-hybridized carbons (Fsp3) is 0.579. The summed E-state index contributed by atoms with van der Waals surface area (Å²) in [4.78, 5) is 27.9. The van der Waals surface area contributed by atoms with Crippen LogP contribution in [0.3, 0.4) is 0 Å². The number of benzene rings is 1. The Bertz CT molecular complexity index is 602. The minimum atomic E-state index is -0.482. The second-order valence-corrected chi connectivity index (χ2v) is 7.45. The maximum atomic E-state index is 12.1. The minimum Gasteiger partial charge on any atom is -0.444 e. The van der Waals surface area contributed by atoms with E-state index in [0.717, 1.165) is 5.56 Å². The van der Waals surface area contributed by atoms with E-state index in [1.807, 2.05) is 52.0 Å². The summed E-state index contributed by atoms with van der Waals surface area (Å²) >= 11 is 0. The van der Waals surface area contributed by atoms with Gasteiger partial charge in [0.2, 0.25) is 5.91 Å². The monoisotopic (exact) mass is 347 g/mol. The number of carbonyl (C=O) groups is 2. The van der Waals surface area contributed by atoms with Gasteiger partial charge < -0.3 is 15.0 Å². The third-order valence-corrected chi connectivity index (χ3v) is 4.13. The standard InChI is InChI=1S/C19H29N3O3/c1-15-7-5-6-8-16(15)13-20-17(23)14-21-9-11-22(12-10-21)18(24)25-19(2,3)4/h5-8H,9-14H2,1-4H3,(H,20,23). The van der Waals surface area contributed by atoms with Crippen LogP contribution >= 0.6 is 0 Å². The molecular formula is C19H29N3O3. The van der Waals surface area contributed by atoms with Gasteiger partial charge in [-0.05, 0) is 38.8 Å². The van der Waals surface area contributed by atoms with Gasteiger partial charge in [-0.15, -0.1) is 0 Å². The third kappa shape index (κ3) is 6.38. The molecule has 0 spiro atoms. The van der Waals surface area contributed by atoms with Crippen LogP contribution in [0.15, 0.2) is 24.3 Å². The fourth-order valence-electron chi connectivity index (χ4n) is 2.68. The van der Waals surface area contributed by atoms with Gasteiger partial charge in [-0.25, -0.2) is 4.79 Å². The highest BCUT2D eigenvalue weighted by molar-refractivity contribution is 5.78. The lowest BCUT2D eigenvalue weighted by atomic mass is 10.1. The van der Waals surface area contributed by atoms with Crippen molar-refractivity contribution in [3.05, 3.63) is 35.4 Å². The normalized spacial score (nSPS) is 15.8. The van der Waals surface area contributed by atoms with Crippen LogP contribution in [-0.2, 0) is 16.1 Å². The molecule has 1 fully saturated rings. The molecule has 2 rings (SSSR count). The van der Waals surface area contributed by atoms with Crippen LogP contribution in [0.5, 0.6) is 0 Å². The molecule has 6 heteroatoms. The van der Waals surface area contributed by atoms with Crippen LogP contribution in [0.1, 0.15) is 31.9 Å². The number of carbonyl (C=O) groups excluding carboxylic acids is 2. The quantitative estimate of drug-likeness (QED) is 0.907. The predicted molar refractivity (Wildman–Crippen MR) is 97.3 cm³/mol. The number of hydrogen-bond donors (Lipinski definition) is 1. The first-order valence-electron chi connectivity index (χ1n) is 8.76. The molecule has 1 saturated heterocycles. The number of ether oxygens (including phenoxy) is 1. The molecule has 1 aromatic carbocycles. The van der Waals surface area contributed by atoms with Gasteiger partial charge in [-0.2, -0.15) is 0 Å². The van der Waals surface area contributed by atoms with E-state index >= 15 is 0 Å². The summed E-state index contributed by atoms with van der Waals surface area (Å²) in [6.07, 6.45) is -0.281. The summed E-state index contributed by atoms with van der Waals surface area (Å²) < 4.78 is 5.38. The molecule has 0 saturated carbocycles. The van der Waals surface area contributed by atoms with Crippen LogP contribution in [0.25, 0.3) is 0 Å². The SMILES string of the molecule is Cc1ccccc1CNC(=O)CN1CCN(C(=O)OC(C)(C)C)CC1. The molecule has 138 valence electrons. The molecule has 0 aromatic heterocycles. The largest absolute Gasteiger partial charge is 0.444 e. The Labute approximate surface area is 150 Å². The number of piperazine rings is 1. The highest BCUT2D eigenvalue weighted by Gasteiger charge is 2.26. The number of nitrogens with zero attached hydrogens (tertiary/aromatic N) is 2. The Balaban J connectivity index is 1.72. The zero-order chi connectivity index (χ0) is 18.4.